The van der Waals surface area contributed by atoms with Crippen LogP contribution in [0.5, 0.6) is 0 Å². The van der Waals surface area contributed by atoms with Gasteiger partial charge in [0.1, 0.15) is 5.69 Å². The quantitative estimate of drug-likeness (QED) is 0.584. The molecule has 0 aliphatic rings. The SMILES string of the molecule is [CH2]C(F)(F)c1ccccn1. The summed E-state index contributed by atoms with van der Waals surface area (Å²) in [5.74, 6) is -3.07. The van der Waals surface area contributed by atoms with Crippen LogP contribution in [-0.2, 0) is 5.92 Å². The fourth-order valence-corrected chi connectivity index (χ4v) is 0.579. The van der Waals surface area contributed by atoms with Gasteiger partial charge in [-0.25, -0.2) is 0 Å². The molecular formula is C7H6F2N. The van der Waals surface area contributed by atoms with E-state index in [1.165, 1.54) is 18.3 Å². The average Bonchev–Trinajstić information content (AvgIpc) is 1.88. The van der Waals surface area contributed by atoms with E-state index in [1.807, 2.05) is 0 Å². The molecule has 1 aromatic heterocycles. The Morgan fingerprint density at radius 2 is 2.10 bits per heavy atom. The zero-order valence-electron chi connectivity index (χ0n) is 5.22. The van der Waals surface area contributed by atoms with Crippen molar-refractivity contribution in [3.63, 3.8) is 0 Å². The van der Waals surface area contributed by atoms with Crippen LogP contribution >= 0.6 is 0 Å². The van der Waals surface area contributed by atoms with Crippen molar-refractivity contribution in [3.8, 4) is 0 Å². The Morgan fingerprint density at radius 1 is 1.40 bits per heavy atom. The van der Waals surface area contributed by atoms with E-state index in [4.69, 9.17) is 0 Å². The van der Waals surface area contributed by atoms with Crippen LogP contribution in [0, 0.1) is 6.92 Å². The third-order valence-corrected chi connectivity index (χ3v) is 1.04. The van der Waals surface area contributed by atoms with Crippen LogP contribution in [0.2, 0.25) is 0 Å². The zero-order valence-corrected chi connectivity index (χ0v) is 5.22. The Hall–Kier alpha value is -0.990. The van der Waals surface area contributed by atoms with Gasteiger partial charge in [-0.05, 0) is 12.1 Å². The lowest BCUT2D eigenvalue weighted by atomic mass is 10.2. The van der Waals surface area contributed by atoms with Gasteiger partial charge in [0.05, 0.1) is 0 Å². The highest BCUT2D eigenvalue weighted by molar-refractivity contribution is 5.10. The standard InChI is InChI=1S/C7H6F2N/c1-7(8,9)6-4-2-3-5-10-6/h2-5H,1H2. The van der Waals surface area contributed by atoms with Crippen molar-refractivity contribution >= 4 is 0 Å². The fraction of sp³-hybridized carbons (Fsp3) is 0.143. The first-order valence-corrected chi connectivity index (χ1v) is 2.75. The second-order valence-corrected chi connectivity index (χ2v) is 1.92. The maximum absolute atomic E-state index is 12.3. The topological polar surface area (TPSA) is 12.9 Å². The monoisotopic (exact) mass is 142 g/mol. The lowest BCUT2D eigenvalue weighted by Gasteiger charge is -2.06. The van der Waals surface area contributed by atoms with Gasteiger partial charge in [0.25, 0.3) is 5.92 Å². The summed E-state index contributed by atoms with van der Waals surface area (Å²) in [5.41, 5.74) is -0.296. The Labute approximate surface area is 57.7 Å². The summed E-state index contributed by atoms with van der Waals surface area (Å²) in [6.07, 6.45) is 1.31. The molecule has 1 heterocycles. The molecule has 0 saturated heterocycles. The van der Waals surface area contributed by atoms with E-state index in [0.29, 0.717) is 0 Å². The fourth-order valence-electron chi connectivity index (χ4n) is 0.579. The molecule has 10 heavy (non-hydrogen) atoms. The number of hydrogen-bond donors (Lipinski definition) is 0. The number of aromatic nitrogens is 1. The predicted octanol–water partition coefficient (Wildman–Crippen LogP) is 2.01. The average molecular weight is 142 g/mol. The maximum atomic E-state index is 12.3. The first-order chi connectivity index (χ1) is 4.61. The predicted molar refractivity (Wildman–Crippen MR) is 33.5 cm³/mol. The molecule has 0 amide bonds. The van der Waals surface area contributed by atoms with Gasteiger partial charge in [-0.2, -0.15) is 8.78 Å². The van der Waals surface area contributed by atoms with Crippen LogP contribution in [0.15, 0.2) is 24.4 Å². The van der Waals surface area contributed by atoms with Crippen molar-refractivity contribution in [2.24, 2.45) is 0 Å². The highest BCUT2D eigenvalue weighted by Gasteiger charge is 2.25. The van der Waals surface area contributed by atoms with Gasteiger partial charge in [-0.3, -0.25) is 4.98 Å². The molecule has 1 rings (SSSR count). The first-order valence-electron chi connectivity index (χ1n) is 2.75. The van der Waals surface area contributed by atoms with E-state index < -0.39 is 5.92 Å². The first kappa shape index (κ1) is 7.12. The summed E-state index contributed by atoms with van der Waals surface area (Å²) in [6.45, 7) is 2.64. The smallest absolute Gasteiger partial charge is 0.255 e. The number of halogens is 2. The third-order valence-electron chi connectivity index (χ3n) is 1.04. The molecule has 0 fully saturated rings. The van der Waals surface area contributed by atoms with E-state index in [-0.39, 0.29) is 5.69 Å². The Bertz CT molecular complexity index is 203. The Balaban J connectivity index is 2.97. The molecule has 1 aromatic rings. The molecule has 0 atom stereocenters. The Morgan fingerprint density at radius 3 is 2.40 bits per heavy atom. The summed E-state index contributed by atoms with van der Waals surface area (Å²) in [5, 5.41) is 0. The summed E-state index contributed by atoms with van der Waals surface area (Å²) in [7, 11) is 0. The number of alkyl halides is 2. The highest BCUT2D eigenvalue weighted by atomic mass is 19.3. The third kappa shape index (κ3) is 1.50. The van der Waals surface area contributed by atoms with E-state index >= 15 is 0 Å². The van der Waals surface area contributed by atoms with E-state index in [9.17, 15) is 8.78 Å². The van der Waals surface area contributed by atoms with Crippen LogP contribution in [0.3, 0.4) is 0 Å². The minimum Gasteiger partial charge on any atom is -0.255 e. The highest BCUT2D eigenvalue weighted by Crippen LogP contribution is 2.23. The molecule has 1 nitrogen and oxygen atoms in total. The minimum absolute atomic E-state index is 0.296. The van der Waals surface area contributed by atoms with E-state index in [1.54, 1.807) is 6.07 Å². The number of nitrogens with zero attached hydrogens (tertiary/aromatic N) is 1. The van der Waals surface area contributed by atoms with Gasteiger partial charge < -0.3 is 0 Å². The molecule has 0 aromatic carbocycles. The number of hydrogen-bond acceptors (Lipinski definition) is 1. The largest absolute Gasteiger partial charge is 0.289 e. The zero-order chi connectivity index (χ0) is 7.61. The lowest BCUT2D eigenvalue weighted by molar-refractivity contribution is 0.0438. The molecule has 0 bridgehead atoms. The molecular weight excluding hydrogens is 136 g/mol. The molecule has 0 N–H and O–H groups in total. The van der Waals surface area contributed by atoms with Crippen molar-refractivity contribution in [1.82, 2.24) is 4.98 Å². The van der Waals surface area contributed by atoms with Gasteiger partial charge in [-0.1, -0.05) is 6.07 Å². The van der Waals surface area contributed by atoms with Gasteiger partial charge in [-0.15, -0.1) is 0 Å². The van der Waals surface area contributed by atoms with Gasteiger partial charge in [0, 0.05) is 13.1 Å². The number of pyridine rings is 1. The molecule has 3 heteroatoms. The second-order valence-electron chi connectivity index (χ2n) is 1.92. The second kappa shape index (κ2) is 2.33. The van der Waals surface area contributed by atoms with Gasteiger partial charge in [0.2, 0.25) is 0 Å². The van der Waals surface area contributed by atoms with Crippen LogP contribution in [0.1, 0.15) is 5.69 Å². The van der Waals surface area contributed by atoms with Crippen molar-refractivity contribution in [2.45, 2.75) is 5.92 Å². The minimum atomic E-state index is -3.07. The van der Waals surface area contributed by atoms with Gasteiger partial charge >= 0.3 is 0 Å². The van der Waals surface area contributed by atoms with Gasteiger partial charge in [0.15, 0.2) is 0 Å². The van der Waals surface area contributed by atoms with Crippen LogP contribution in [-0.4, -0.2) is 4.98 Å². The summed E-state index contributed by atoms with van der Waals surface area (Å²) in [6, 6.07) is 4.32. The Kier molecular flexibility index (Phi) is 1.66. The summed E-state index contributed by atoms with van der Waals surface area (Å²) >= 11 is 0. The molecule has 53 valence electrons. The van der Waals surface area contributed by atoms with Crippen molar-refractivity contribution in [1.29, 1.82) is 0 Å². The summed E-state index contributed by atoms with van der Waals surface area (Å²) in [4.78, 5) is 3.44. The normalized spacial score (nSPS) is 11.5. The van der Waals surface area contributed by atoms with Crippen LogP contribution < -0.4 is 0 Å². The van der Waals surface area contributed by atoms with Crippen molar-refractivity contribution in [2.75, 3.05) is 0 Å². The maximum Gasteiger partial charge on any atom is 0.289 e. The molecule has 0 aliphatic heterocycles. The molecule has 0 spiro atoms. The molecule has 0 saturated carbocycles. The molecule has 0 unspecified atom stereocenters. The summed E-state index contributed by atoms with van der Waals surface area (Å²) < 4.78 is 24.6. The molecule has 0 aliphatic carbocycles. The van der Waals surface area contributed by atoms with Crippen molar-refractivity contribution < 1.29 is 8.78 Å². The van der Waals surface area contributed by atoms with E-state index in [2.05, 4.69) is 11.9 Å². The van der Waals surface area contributed by atoms with Crippen LogP contribution in [0.4, 0.5) is 8.78 Å². The molecule has 1 radical (unpaired) electrons. The van der Waals surface area contributed by atoms with Crippen molar-refractivity contribution in [3.05, 3.63) is 37.0 Å². The lowest BCUT2D eigenvalue weighted by Crippen LogP contribution is -2.08. The van der Waals surface area contributed by atoms with E-state index in [0.717, 1.165) is 0 Å². The van der Waals surface area contributed by atoms with Crippen LogP contribution in [0.25, 0.3) is 0 Å². The number of rotatable bonds is 1.